The van der Waals surface area contributed by atoms with Gasteiger partial charge in [-0.15, -0.1) is 0 Å². The van der Waals surface area contributed by atoms with E-state index >= 15 is 0 Å². The Morgan fingerprint density at radius 2 is 1.93 bits per heavy atom. The molecule has 0 radical (unpaired) electrons. The molecule has 3 aliphatic rings. The van der Waals surface area contributed by atoms with Gasteiger partial charge in [0, 0.05) is 36.9 Å². The van der Waals surface area contributed by atoms with Gasteiger partial charge < -0.3 is 9.64 Å². The molecule has 4 rings (SSSR count). The van der Waals surface area contributed by atoms with Crippen LogP contribution in [0.3, 0.4) is 0 Å². The van der Waals surface area contributed by atoms with Crippen LogP contribution < -0.4 is 4.74 Å². The molecule has 2 aliphatic heterocycles. The van der Waals surface area contributed by atoms with Crippen molar-refractivity contribution in [3.63, 3.8) is 0 Å². The van der Waals surface area contributed by atoms with Crippen molar-refractivity contribution in [3.8, 4) is 5.75 Å². The van der Waals surface area contributed by atoms with E-state index in [-0.39, 0.29) is 11.7 Å². The standard InChI is InChI=1S/C24H32ClNO3/c1-2-3-4-17-5-7-18(8-6-17)23(28)26-13-11-24(12-14-26)16-21(27)20-15-19(25)9-10-22(20)29-24/h9-10,15,17-18H,2-8,11-14,16H2,1H3. The molecule has 1 saturated heterocycles. The third kappa shape index (κ3) is 4.47. The summed E-state index contributed by atoms with van der Waals surface area (Å²) in [5.74, 6) is 2.07. The van der Waals surface area contributed by atoms with Gasteiger partial charge >= 0.3 is 0 Å². The van der Waals surface area contributed by atoms with Crippen molar-refractivity contribution < 1.29 is 14.3 Å². The number of ketones is 1. The van der Waals surface area contributed by atoms with Crippen molar-refractivity contribution in [1.82, 2.24) is 4.90 Å². The Morgan fingerprint density at radius 1 is 1.21 bits per heavy atom. The van der Waals surface area contributed by atoms with Gasteiger partial charge in [-0.05, 0) is 49.8 Å². The highest BCUT2D eigenvalue weighted by Gasteiger charge is 2.44. The first-order valence-corrected chi connectivity index (χ1v) is 11.7. The van der Waals surface area contributed by atoms with E-state index < -0.39 is 5.60 Å². The summed E-state index contributed by atoms with van der Waals surface area (Å²) in [6, 6.07) is 5.26. The van der Waals surface area contributed by atoms with Crippen LogP contribution in [-0.4, -0.2) is 35.3 Å². The van der Waals surface area contributed by atoms with Gasteiger partial charge in [0.05, 0.1) is 12.0 Å². The predicted molar refractivity (Wildman–Crippen MR) is 115 cm³/mol. The summed E-state index contributed by atoms with van der Waals surface area (Å²) in [6.45, 7) is 3.62. The second kappa shape index (κ2) is 8.67. The number of Topliss-reactive ketones (excluding diaryl/α,β-unsaturated/α-hetero) is 1. The number of hydrogen-bond acceptors (Lipinski definition) is 3. The number of unbranched alkanes of at least 4 members (excludes halogenated alkanes) is 1. The lowest BCUT2D eigenvalue weighted by atomic mass is 9.78. The van der Waals surface area contributed by atoms with Crippen molar-refractivity contribution in [2.45, 2.75) is 76.7 Å². The summed E-state index contributed by atoms with van der Waals surface area (Å²) in [5, 5.41) is 0.557. The molecule has 1 amide bonds. The number of benzene rings is 1. The summed E-state index contributed by atoms with van der Waals surface area (Å²) < 4.78 is 6.29. The molecule has 4 nitrogen and oxygen atoms in total. The van der Waals surface area contributed by atoms with E-state index in [1.54, 1.807) is 18.2 Å². The number of carbonyl (C=O) groups is 2. The Balaban J connectivity index is 1.32. The third-order valence-corrected chi connectivity index (χ3v) is 7.43. The van der Waals surface area contributed by atoms with Crippen LogP contribution in [0.5, 0.6) is 5.75 Å². The minimum absolute atomic E-state index is 0.0962. The lowest BCUT2D eigenvalue weighted by Gasteiger charge is -2.45. The zero-order valence-corrected chi connectivity index (χ0v) is 18.2. The second-order valence-corrected chi connectivity index (χ2v) is 9.65. The van der Waals surface area contributed by atoms with Gasteiger partial charge in [-0.3, -0.25) is 9.59 Å². The van der Waals surface area contributed by atoms with Crippen LogP contribution in [0, 0.1) is 11.8 Å². The first kappa shape index (κ1) is 20.7. The number of hydrogen-bond donors (Lipinski definition) is 0. The maximum absolute atomic E-state index is 13.0. The molecule has 1 spiro atoms. The van der Waals surface area contributed by atoms with Crippen LogP contribution in [0.1, 0.15) is 81.5 Å². The maximum Gasteiger partial charge on any atom is 0.225 e. The number of halogens is 1. The average molecular weight is 418 g/mol. The van der Waals surface area contributed by atoms with Crippen molar-refractivity contribution in [2.75, 3.05) is 13.1 Å². The summed E-state index contributed by atoms with van der Waals surface area (Å²) in [5.41, 5.74) is 0.119. The van der Waals surface area contributed by atoms with E-state index in [9.17, 15) is 9.59 Å². The molecule has 2 heterocycles. The van der Waals surface area contributed by atoms with E-state index in [0.29, 0.717) is 41.8 Å². The van der Waals surface area contributed by atoms with E-state index in [1.165, 1.54) is 32.1 Å². The number of amides is 1. The fourth-order valence-corrected chi connectivity index (χ4v) is 5.50. The van der Waals surface area contributed by atoms with Crippen LogP contribution in [-0.2, 0) is 4.79 Å². The normalized spacial score (nSPS) is 26.1. The van der Waals surface area contributed by atoms with E-state index in [4.69, 9.17) is 16.3 Å². The van der Waals surface area contributed by atoms with Gasteiger partial charge in [-0.2, -0.15) is 0 Å². The minimum Gasteiger partial charge on any atom is -0.486 e. The SMILES string of the molecule is CCCCC1CCC(C(=O)N2CCC3(CC2)CC(=O)c2cc(Cl)ccc2O3)CC1. The topological polar surface area (TPSA) is 46.6 Å². The lowest BCUT2D eigenvalue weighted by molar-refractivity contribution is -0.140. The predicted octanol–water partition coefficient (Wildman–Crippen LogP) is 5.66. The van der Waals surface area contributed by atoms with E-state index in [0.717, 1.165) is 31.6 Å². The zero-order valence-electron chi connectivity index (χ0n) is 17.4. The number of ether oxygens (including phenoxy) is 1. The summed E-state index contributed by atoms with van der Waals surface area (Å²) in [4.78, 5) is 27.7. The smallest absolute Gasteiger partial charge is 0.225 e. The number of rotatable bonds is 4. The molecule has 1 saturated carbocycles. The number of likely N-dealkylation sites (tertiary alicyclic amines) is 1. The maximum atomic E-state index is 13.0. The van der Waals surface area contributed by atoms with E-state index in [1.807, 2.05) is 4.90 Å². The van der Waals surface area contributed by atoms with Gasteiger partial charge in [0.1, 0.15) is 11.4 Å². The molecule has 1 aromatic carbocycles. The molecular formula is C24H32ClNO3. The van der Waals surface area contributed by atoms with Crippen molar-refractivity contribution in [3.05, 3.63) is 28.8 Å². The summed E-state index contributed by atoms with van der Waals surface area (Å²) >= 11 is 6.03. The van der Waals surface area contributed by atoms with E-state index in [2.05, 4.69) is 6.92 Å². The van der Waals surface area contributed by atoms with Crippen LogP contribution in [0.15, 0.2) is 18.2 Å². The molecule has 1 aliphatic carbocycles. The van der Waals surface area contributed by atoms with Crippen molar-refractivity contribution in [1.29, 1.82) is 0 Å². The molecule has 0 N–H and O–H groups in total. The van der Waals surface area contributed by atoms with Crippen LogP contribution in [0.25, 0.3) is 0 Å². The quantitative estimate of drug-likeness (QED) is 0.634. The van der Waals surface area contributed by atoms with Gasteiger partial charge in [-0.25, -0.2) is 0 Å². The highest BCUT2D eigenvalue weighted by atomic mass is 35.5. The largest absolute Gasteiger partial charge is 0.486 e. The molecule has 0 atom stereocenters. The van der Waals surface area contributed by atoms with Crippen LogP contribution >= 0.6 is 11.6 Å². The first-order valence-electron chi connectivity index (χ1n) is 11.3. The van der Waals surface area contributed by atoms with Crippen molar-refractivity contribution >= 4 is 23.3 Å². The average Bonchev–Trinajstić information content (AvgIpc) is 2.73. The summed E-state index contributed by atoms with van der Waals surface area (Å²) in [6.07, 6.45) is 10.2. The number of nitrogens with zero attached hydrogens (tertiary/aromatic N) is 1. The molecule has 29 heavy (non-hydrogen) atoms. The Hall–Kier alpha value is -1.55. The number of piperidine rings is 1. The lowest BCUT2D eigenvalue weighted by Crippen LogP contribution is -2.53. The first-order chi connectivity index (χ1) is 14.0. The van der Waals surface area contributed by atoms with Gasteiger partial charge in [0.25, 0.3) is 0 Å². The highest BCUT2D eigenvalue weighted by Crippen LogP contribution is 2.41. The Labute approximate surface area is 178 Å². The monoisotopic (exact) mass is 417 g/mol. The second-order valence-electron chi connectivity index (χ2n) is 9.21. The Morgan fingerprint density at radius 3 is 2.62 bits per heavy atom. The minimum atomic E-state index is -0.466. The molecule has 1 aromatic rings. The molecule has 0 unspecified atom stereocenters. The van der Waals surface area contributed by atoms with Crippen molar-refractivity contribution in [2.24, 2.45) is 11.8 Å². The number of fused-ring (bicyclic) bond motifs is 1. The Kier molecular flexibility index (Phi) is 6.19. The Bertz CT molecular complexity index is 761. The molecule has 0 aromatic heterocycles. The highest BCUT2D eigenvalue weighted by molar-refractivity contribution is 6.31. The summed E-state index contributed by atoms with van der Waals surface area (Å²) in [7, 11) is 0. The third-order valence-electron chi connectivity index (χ3n) is 7.20. The van der Waals surface area contributed by atoms with Crippen LogP contribution in [0.2, 0.25) is 5.02 Å². The molecule has 5 heteroatoms. The number of carbonyl (C=O) groups excluding carboxylic acids is 2. The molecule has 2 fully saturated rings. The zero-order chi connectivity index (χ0) is 20.4. The molecule has 158 valence electrons. The fourth-order valence-electron chi connectivity index (χ4n) is 5.33. The van der Waals surface area contributed by atoms with Gasteiger partial charge in [-0.1, -0.05) is 37.8 Å². The fraction of sp³-hybridized carbons (Fsp3) is 0.667. The van der Waals surface area contributed by atoms with Gasteiger partial charge in [0.2, 0.25) is 5.91 Å². The molecular weight excluding hydrogens is 386 g/mol. The molecule has 0 bridgehead atoms. The van der Waals surface area contributed by atoms with Gasteiger partial charge in [0.15, 0.2) is 5.78 Å². The van der Waals surface area contributed by atoms with Crippen LogP contribution in [0.4, 0.5) is 0 Å².